The first-order valence-corrected chi connectivity index (χ1v) is 12.4. The summed E-state index contributed by atoms with van der Waals surface area (Å²) in [6, 6.07) is 31.1. The van der Waals surface area contributed by atoms with E-state index in [-0.39, 0.29) is 12.1 Å². The molecule has 0 saturated heterocycles. The van der Waals surface area contributed by atoms with E-state index in [0.717, 1.165) is 28.9 Å². The minimum Gasteiger partial charge on any atom is -0.338 e. The van der Waals surface area contributed by atoms with Crippen molar-refractivity contribution in [2.45, 2.75) is 23.9 Å². The summed E-state index contributed by atoms with van der Waals surface area (Å²) in [5, 5.41) is 3.18. The first-order chi connectivity index (χ1) is 16.2. The van der Waals surface area contributed by atoms with Crippen LogP contribution in [0.3, 0.4) is 0 Å². The van der Waals surface area contributed by atoms with Crippen LogP contribution in [0, 0.1) is 0 Å². The number of carbonyl (C=O) groups is 1. The Morgan fingerprint density at radius 2 is 1.70 bits per heavy atom. The Bertz CT molecular complexity index is 1230. The highest BCUT2D eigenvalue weighted by atomic mass is 32.2. The van der Waals surface area contributed by atoms with Crippen LogP contribution in [0.4, 0.5) is 4.79 Å². The molecular formula is C28H27N3OS. The zero-order valence-corrected chi connectivity index (χ0v) is 19.5. The normalized spacial score (nSPS) is 14.8. The molecule has 1 aliphatic rings. The lowest BCUT2D eigenvalue weighted by Gasteiger charge is -2.31. The molecule has 2 heterocycles. The fourth-order valence-corrected chi connectivity index (χ4v) is 4.94. The number of thioether (sulfide) groups is 1. The SMILES string of the molecule is CSc1ccc([C@@H]2c3cccn3-c3ccccc3CN2C(=O)NCCc2ccccc2)cc1. The molecule has 2 amide bonds. The van der Waals surface area contributed by atoms with Gasteiger partial charge in [-0.3, -0.25) is 0 Å². The quantitative estimate of drug-likeness (QED) is 0.373. The number of hydrogen-bond acceptors (Lipinski definition) is 2. The van der Waals surface area contributed by atoms with Crippen molar-refractivity contribution in [2.24, 2.45) is 0 Å². The van der Waals surface area contributed by atoms with Gasteiger partial charge >= 0.3 is 6.03 Å². The van der Waals surface area contributed by atoms with Gasteiger partial charge in [0.15, 0.2) is 0 Å². The van der Waals surface area contributed by atoms with Gasteiger partial charge in [0.2, 0.25) is 0 Å². The van der Waals surface area contributed by atoms with Gasteiger partial charge in [0.1, 0.15) is 0 Å². The van der Waals surface area contributed by atoms with E-state index in [4.69, 9.17) is 0 Å². The first kappa shape index (κ1) is 21.4. The minimum atomic E-state index is -0.181. The van der Waals surface area contributed by atoms with E-state index >= 15 is 0 Å². The number of nitrogens with one attached hydrogen (secondary N) is 1. The highest BCUT2D eigenvalue weighted by Gasteiger charge is 2.32. The molecule has 1 aliphatic heterocycles. The lowest BCUT2D eigenvalue weighted by molar-refractivity contribution is 0.180. The van der Waals surface area contributed by atoms with Crippen LogP contribution in [0.15, 0.2) is 102 Å². The van der Waals surface area contributed by atoms with Crippen LogP contribution in [-0.2, 0) is 13.0 Å². The summed E-state index contributed by atoms with van der Waals surface area (Å²) >= 11 is 1.72. The van der Waals surface area contributed by atoms with Gasteiger partial charge in [-0.1, -0.05) is 60.7 Å². The van der Waals surface area contributed by atoms with Gasteiger partial charge in [0.25, 0.3) is 0 Å². The lowest BCUT2D eigenvalue weighted by atomic mass is 10.0. The molecule has 0 radical (unpaired) electrons. The predicted octanol–water partition coefficient (Wildman–Crippen LogP) is 6.06. The number of amides is 2. The van der Waals surface area contributed by atoms with Gasteiger partial charge in [-0.05, 0) is 59.7 Å². The summed E-state index contributed by atoms with van der Waals surface area (Å²) in [6.07, 6.45) is 4.98. The van der Waals surface area contributed by atoms with Gasteiger partial charge in [0.05, 0.1) is 18.3 Å². The third-order valence-electron chi connectivity index (χ3n) is 6.19. The third-order valence-corrected chi connectivity index (χ3v) is 6.93. The number of nitrogens with zero attached hydrogens (tertiary/aromatic N) is 2. The number of urea groups is 1. The van der Waals surface area contributed by atoms with Crippen LogP contribution < -0.4 is 5.32 Å². The molecule has 0 spiro atoms. The fraction of sp³-hybridized carbons (Fsp3) is 0.179. The van der Waals surface area contributed by atoms with Crippen LogP contribution >= 0.6 is 11.8 Å². The van der Waals surface area contributed by atoms with Crippen molar-refractivity contribution >= 4 is 17.8 Å². The maximum atomic E-state index is 13.6. The Balaban J connectivity index is 1.49. The minimum absolute atomic E-state index is 0.0469. The molecule has 0 bridgehead atoms. The van der Waals surface area contributed by atoms with Crippen LogP contribution in [0.2, 0.25) is 0 Å². The Hall–Kier alpha value is -3.44. The summed E-state index contributed by atoms with van der Waals surface area (Å²) in [5.41, 5.74) is 5.69. The average Bonchev–Trinajstić information content (AvgIpc) is 3.29. The molecular weight excluding hydrogens is 426 g/mol. The van der Waals surface area contributed by atoms with E-state index in [1.54, 1.807) is 11.8 Å². The highest BCUT2D eigenvalue weighted by molar-refractivity contribution is 7.98. The Morgan fingerprint density at radius 3 is 2.48 bits per heavy atom. The van der Waals surface area contributed by atoms with Gasteiger partial charge in [-0.2, -0.15) is 0 Å². The maximum Gasteiger partial charge on any atom is 0.318 e. The van der Waals surface area contributed by atoms with E-state index in [0.29, 0.717) is 13.1 Å². The lowest BCUT2D eigenvalue weighted by Crippen LogP contribution is -2.42. The topological polar surface area (TPSA) is 37.3 Å². The number of para-hydroxylation sites is 1. The number of hydrogen-bond donors (Lipinski definition) is 1. The molecule has 0 unspecified atom stereocenters. The van der Waals surface area contributed by atoms with Gasteiger partial charge in [-0.15, -0.1) is 11.8 Å². The molecule has 4 nitrogen and oxygen atoms in total. The van der Waals surface area contributed by atoms with Crippen LogP contribution in [0.25, 0.3) is 5.69 Å². The number of carbonyl (C=O) groups excluding carboxylic acids is 1. The second kappa shape index (κ2) is 9.59. The number of fused-ring (bicyclic) bond motifs is 3. The Labute approximate surface area is 199 Å². The monoisotopic (exact) mass is 453 g/mol. The van der Waals surface area contributed by atoms with Gasteiger partial charge in [-0.25, -0.2) is 4.79 Å². The molecule has 1 N–H and O–H groups in total. The number of benzene rings is 3. The molecule has 0 aliphatic carbocycles. The summed E-state index contributed by atoms with van der Waals surface area (Å²) < 4.78 is 2.22. The summed E-state index contributed by atoms with van der Waals surface area (Å²) in [4.78, 5) is 16.8. The van der Waals surface area contributed by atoms with Crippen LogP contribution in [0.5, 0.6) is 0 Å². The molecule has 33 heavy (non-hydrogen) atoms. The molecule has 4 aromatic rings. The zero-order valence-electron chi connectivity index (χ0n) is 18.6. The molecule has 0 fully saturated rings. The van der Waals surface area contributed by atoms with Crippen molar-refractivity contribution in [3.8, 4) is 5.69 Å². The number of rotatable bonds is 5. The largest absolute Gasteiger partial charge is 0.338 e. The van der Waals surface area contributed by atoms with E-state index < -0.39 is 0 Å². The summed E-state index contributed by atoms with van der Waals surface area (Å²) in [5.74, 6) is 0. The van der Waals surface area contributed by atoms with Crippen LogP contribution in [0.1, 0.15) is 28.4 Å². The van der Waals surface area contributed by atoms with Crippen molar-refractivity contribution in [3.05, 3.63) is 120 Å². The van der Waals surface area contributed by atoms with Crippen molar-refractivity contribution in [1.82, 2.24) is 14.8 Å². The standard InChI is InChI=1S/C28H27N3OS/c1-33-24-15-13-22(14-16-24)27-26-12-7-19-30(26)25-11-6-5-10-23(25)20-31(27)28(32)29-18-17-21-8-3-2-4-9-21/h2-16,19,27H,17-18,20H2,1H3,(H,29,32)/t27-/m1/s1. The molecule has 166 valence electrons. The Kier molecular flexibility index (Phi) is 6.22. The molecule has 0 saturated carbocycles. The van der Waals surface area contributed by atoms with Gasteiger partial charge in [0, 0.05) is 23.3 Å². The van der Waals surface area contributed by atoms with E-state index in [1.165, 1.54) is 10.5 Å². The van der Waals surface area contributed by atoms with Crippen molar-refractivity contribution in [1.29, 1.82) is 0 Å². The Morgan fingerprint density at radius 1 is 0.939 bits per heavy atom. The van der Waals surface area contributed by atoms with Gasteiger partial charge < -0.3 is 14.8 Å². The average molecular weight is 454 g/mol. The van der Waals surface area contributed by atoms with E-state index in [1.807, 2.05) is 29.2 Å². The molecule has 3 aromatic carbocycles. The zero-order chi connectivity index (χ0) is 22.6. The third kappa shape index (κ3) is 4.41. The second-order valence-electron chi connectivity index (χ2n) is 8.20. The van der Waals surface area contributed by atoms with E-state index in [9.17, 15) is 4.79 Å². The fourth-order valence-electron chi connectivity index (χ4n) is 4.54. The predicted molar refractivity (Wildman–Crippen MR) is 135 cm³/mol. The van der Waals surface area contributed by atoms with Crippen LogP contribution in [-0.4, -0.2) is 28.3 Å². The summed E-state index contributed by atoms with van der Waals surface area (Å²) in [7, 11) is 0. The molecule has 5 rings (SSSR count). The first-order valence-electron chi connectivity index (χ1n) is 11.2. The van der Waals surface area contributed by atoms with Crippen molar-refractivity contribution < 1.29 is 4.79 Å². The highest BCUT2D eigenvalue weighted by Crippen LogP contribution is 2.37. The van der Waals surface area contributed by atoms with E-state index in [2.05, 4.69) is 89.1 Å². The van der Waals surface area contributed by atoms with Crippen molar-refractivity contribution in [2.75, 3.05) is 12.8 Å². The molecule has 5 heteroatoms. The summed E-state index contributed by atoms with van der Waals surface area (Å²) in [6.45, 7) is 1.14. The maximum absolute atomic E-state index is 13.6. The van der Waals surface area contributed by atoms with Crippen molar-refractivity contribution in [3.63, 3.8) is 0 Å². The molecule has 1 atom stereocenters. The molecule has 1 aromatic heterocycles. The smallest absolute Gasteiger partial charge is 0.318 e. The number of aromatic nitrogens is 1. The second-order valence-corrected chi connectivity index (χ2v) is 9.08.